The number of carboxylic acid groups (broad SMARTS) is 1. The van der Waals surface area contributed by atoms with E-state index in [2.05, 4.69) is 24.5 Å². The van der Waals surface area contributed by atoms with E-state index in [9.17, 15) is 14.7 Å². The van der Waals surface area contributed by atoms with Crippen molar-refractivity contribution in [3.8, 4) is 17.1 Å². The summed E-state index contributed by atoms with van der Waals surface area (Å²) < 4.78 is 9.40. The molecule has 0 aliphatic heterocycles. The van der Waals surface area contributed by atoms with Gasteiger partial charge < -0.3 is 14.4 Å². The number of carboxylic acids is 1. The van der Waals surface area contributed by atoms with E-state index >= 15 is 0 Å². The van der Waals surface area contributed by atoms with E-state index in [1.54, 1.807) is 30.5 Å². The number of fused-ring (bicyclic) bond motifs is 2. The number of para-hydroxylation sites is 2. The molecule has 6 rings (SSSR count). The molecule has 45 heavy (non-hydrogen) atoms. The zero-order valence-corrected chi connectivity index (χ0v) is 25.7. The number of benzene rings is 4. The van der Waals surface area contributed by atoms with Crippen molar-refractivity contribution in [3.05, 3.63) is 129 Å². The minimum Gasteiger partial charge on any atom is -0.494 e. The summed E-state index contributed by atoms with van der Waals surface area (Å²) in [6.45, 7) is 9.22. The number of hydrogen-bond donors (Lipinski definition) is 1. The molecule has 2 heterocycles. The van der Waals surface area contributed by atoms with Gasteiger partial charge in [-0.3, -0.25) is 4.79 Å². The molecule has 0 saturated heterocycles. The first kappa shape index (κ1) is 29.6. The van der Waals surface area contributed by atoms with Gasteiger partial charge in [-0.2, -0.15) is 9.78 Å². The lowest BCUT2D eigenvalue weighted by Crippen LogP contribution is -2.20. The number of aromatic carboxylic acids is 1. The van der Waals surface area contributed by atoms with E-state index in [0.29, 0.717) is 29.9 Å². The van der Waals surface area contributed by atoms with Gasteiger partial charge in [0.2, 0.25) is 0 Å². The molecule has 0 fully saturated rings. The van der Waals surface area contributed by atoms with Crippen LogP contribution in [-0.4, -0.2) is 38.1 Å². The van der Waals surface area contributed by atoms with Crippen LogP contribution in [0, 0.1) is 6.92 Å². The van der Waals surface area contributed by atoms with Crippen molar-refractivity contribution in [1.82, 2.24) is 14.2 Å². The van der Waals surface area contributed by atoms with Gasteiger partial charge >= 0.3 is 5.97 Å². The van der Waals surface area contributed by atoms with Crippen LogP contribution < -0.4 is 10.3 Å². The lowest BCUT2D eigenvalue weighted by atomic mass is 9.96. The van der Waals surface area contributed by atoms with Gasteiger partial charge in [0, 0.05) is 34.8 Å². The van der Waals surface area contributed by atoms with Crippen molar-refractivity contribution in [2.45, 2.75) is 40.2 Å². The molecule has 0 bridgehead atoms. The van der Waals surface area contributed by atoms with Gasteiger partial charge in [-0.15, -0.1) is 0 Å². The van der Waals surface area contributed by atoms with Crippen LogP contribution in [0.4, 0.5) is 0 Å². The SMILES string of the molecule is CCOc1cc(C)c(-c2nc3ccccc3c(=O)n2N=Cc2cn(Cc3cccc(C(=O)O)c3)c3ccccc23)cc1C(C)C. The second-order valence-corrected chi connectivity index (χ2v) is 11.3. The number of ether oxygens (including phenoxy) is 1. The van der Waals surface area contributed by atoms with Crippen LogP contribution in [0.3, 0.4) is 0 Å². The third-order valence-electron chi connectivity index (χ3n) is 7.93. The Hall–Kier alpha value is -5.50. The van der Waals surface area contributed by atoms with Gasteiger partial charge in [0.15, 0.2) is 5.82 Å². The van der Waals surface area contributed by atoms with Crippen molar-refractivity contribution in [1.29, 1.82) is 0 Å². The normalized spacial score (nSPS) is 11.7. The van der Waals surface area contributed by atoms with Crippen LogP contribution in [0.2, 0.25) is 0 Å². The van der Waals surface area contributed by atoms with Gasteiger partial charge in [-0.05, 0) is 78.9 Å². The number of hydrogen-bond acceptors (Lipinski definition) is 5. The van der Waals surface area contributed by atoms with Gasteiger partial charge in [-0.25, -0.2) is 9.78 Å². The fourth-order valence-corrected chi connectivity index (χ4v) is 5.70. The van der Waals surface area contributed by atoms with Gasteiger partial charge in [0.05, 0.1) is 29.3 Å². The average molecular weight is 599 g/mol. The van der Waals surface area contributed by atoms with E-state index in [1.807, 2.05) is 74.6 Å². The van der Waals surface area contributed by atoms with E-state index in [0.717, 1.165) is 44.5 Å². The second-order valence-electron chi connectivity index (χ2n) is 11.3. The number of rotatable bonds is 9. The van der Waals surface area contributed by atoms with Crippen molar-refractivity contribution in [2.24, 2.45) is 5.10 Å². The molecule has 0 atom stereocenters. The predicted octanol–water partition coefficient (Wildman–Crippen LogP) is 7.48. The molecule has 0 saturated carbocycles. The third-order valence-corrected chi connectivity index (χ3v) is 7.93. The fourth-order valence-electron chi connectivity index (χ4n) is 5.70. The Morgan fingerprint density at radius 3 is 2.51 bits per heavy atom. The van der Waals surface area contributed by atoms with Crippen LogP contribution in [0.5, 0.6) is 5.75 Å². The highest BCUT2D eigenvalue weighted by molar-refractivity contribution is 5.99. The van der Waals surface area contributed by atoms with Crippen molar-refractivity contribution in [3.63, 3.8) is 0 Å². The molecule has 8 heteroatoms. The highest BCUT2D eigenvalue weighted by Gasteiger charge is 2.19. The smallest absolute Gasteiger partial charge is 0.335 e. The molecule has 8 nitrogen and oxygen atoms in total. The highest BCUT2D eigenvalue weighted by Crippen LogP contribution is 2.34. The van der Waals surface area contributed by atoms with Crippen LogP contribution in [0.15, 0.2) is 101 Å². The molecular formula is C37H34N4O4. The molecule has 0 aliphatic rings. The van der Waals surface area contributed by atoms with Crippen molar-refractivity contribution >= 4 is 34.0 Å². The predicted molar refractivity (Wildman–Crippen MR) is 179 cm³/mol. The van der Waals surface area contributed by atoms with E-state index < -0.39 is 5.97 Å². The maximum Gasteiger partial charge on any atom is 0.335 e. The molecule has 2 aromatic heterocycles. The summed E-state index contributed by atoms with van der Waals surface area (Å²) >= 11 is 0. The summed E-state index contributed by atoms with van der Waals surface area (Å²) in [6, 6.07) is 26.2. The van der Waals surface area contributed by atoms with Crippen LogP contribution in [0.25, 0.3) is 33.2 Å². The Kier molecular flexibility index (Phi) is 8.04. The van der Waals surface area contributed by atoms with Gasteiger partial charge in [0.1, 0.15) is 5.75 Å². The van der Waals surface area contributed by atoms with Crippen molar-refractivity contribution < 1.29 is 14.6 Å². The molecule has 0 unspecified atom stereocenters. The molecule has 1 N–H and O–H groups in total. The van der Waals surface area contributed by atoms with Gasteiger partial charge in [-0.1, -0.05) is 56.3 Å². The standard InChI is InChI=1S/C37H34N4O4/c1-5-45-34-17-24(4)31(19-30(34)23(2)3)35-39-32-15-8-6-14-29(32)36(42)41(35)38-20-27-22-40(33-16-9-7-13-28(27)33)21-25-11-10-12-26(18-25)37(43)44/h6-20,22-23H,5,21H2,1-4H3,(H,43,44). The highest BCUT2D eigenvalue weighted by atomic mass is 16.5. The number of carbonyl (C=O) groups is 1. The van der Waals surface area contributed by atoms with Crippen LogP contribution >= 0.6 is 0 Å². The lowest BCUT2D eigenvalue weighted by Gasteiger charge is -2.18. The number of aromatic nitrogens is 3. The zero-order valence-electron chi connectivity index (χ0n) is 25.7. The number of aryl methyl sites for hydroxylation is 1. The van der Waals surface area contributed by atoms with Crippen molar-refractivity contribution in [2.75, 3.05) is 6.61 Å². The van der Waals surface area contributed by atoms with Crippen LogP contribution in [0.1, 0.15) is 59.3 Å². The summed E-state index contributed by atoms with van der Waals surface area (Å²) in [5, 5.41) is 15.7. The number of nitrogens with zero attached hydrogens (tertiary/aromatic N) is 4. The third kappa shape index (κ3) is 5.74. The van der Waals surface area contributed by atoms with E-state index in [-0.39, 0.29) is 17.0 Å². The molecule has 4 aromatic carbocycles. The summed E-state index contributed by atoms with van der Waals surface area (Å²) in [7, 11) is 0. The van der Waals surface area contributed by atoms with E-state index in [4.69, 9.17) is 14.8 Å². The summed E-state index contributed by atoms with van der Waals surface area (Å²) in [6.07, 6.45) is 3.67. The van der Waals surface area contributed by atoms with E-state index in [1.165, 1.54) is 4.68 Å². The molecule has 6 aromatic rings. The zero-order chi connectivity index (χ0) is 31.7. The monoisotopic (exact) mass is 598 g/mol. The minimum atomic E-state index is -0.962. The maximum absolute atomic E-state index is 14.0. The lowest BCUT2D eigenvalue weighted by molar-refractivity contribution is 0.0696. The van der Waals surface area contributed by atoms with Gasteiger partial charge in [0.25, 0.3) is 5.56 Å². The largest absolute Gasteiger partial charge is 0.494 e. The molecular weight excluding hydrogens is 564 g/mol. The molecule has 0 aliphatic carbocycles. The fraction of sp³-hybridized carbons (Fsp3) is 0.189. The molecule has 226 valence electrons. The first-order chi connectivity index (χ1) is 21.7. The molecule has 0 amide bonds. The summed E-state index contributed by atoms with van der Waals surface area (Å²) in [4.78, 5) is 30.5. The summed E-state index contributed by atoms with van der Waals surface area (Å²) in [5.41, 5.74) is 5.99. The summed E-state index contributed by atoms with van der Waals surface area (Å²) in [5.74, 6) is 0.508. The first-order valence-electron chi connectivity index (χ1n) is 15.0. The minimum absolute atomic E-state index is 0.192. The Morgan fingerprint density at radius 1 is 1.00 bits per heavy atom. The Labute approximate surface area is 260 Å². The van der Waals surface area contributed by atoms with Crippen LogP contribution in [-0.2, 0) is 6.54 Å². The average Bonchev–Trinajstić information content (AvgIpc) is 3.37. The Morgan fingerprint density at radius 2 is 1.76 bits per heavy atom. The first-order valence-corrected chi connectivity index (χ1v) is 15.0. The second kappa shape index (κ2) is 12.2. The Bertz CT molecular complexity index is 2160. The maximum atomic E-state index is 14.0. The molecule has 0 spiro atoms. The Balaban J connectivity index is 1.50. The topological polar surface area (TPSA) is 98.7 Å². The molecule has 0 radical (unpaired) electrons. The quantitative estimate of drug-likeness (QED) is 0.174.